The lowest BCUT2D eigenvalue weighted by molar-refractivity contribution is 0.0688. The van der Waals surface area contributed by atoms with E-state index in [0.717, 1.165) is 22.3 Å². The van der Waals surface area contributed by atoms with Crippen LogP contribution in [0.5, 0.6) is 0 Å². The van der Waals surface area contributed by atoms with Crippen molar-refractivity contribution in [1.29, 1.82) is 0 Å². The number of rotatable bonds is 2. The van der Waals surface area contributed by atoms with E-state index in [4.69, 9.17) is 5.11 Å². The van der Waals surface area contributed by atoms with Gasteiger partial charge in [-0.05, 0) is 18.2 Å². The number of H-pyrrole nitrogens is 1. The molecular formula is C12H8N4O3. The first-order valence-corrected chi connectivity index (χ1v) is 5.44. The Morgan fingerprint density at radius 1 is 1.21 bits per heavy atom. The van der Waals surface area contributed by atoms with Crippen molar-refractivity contribution in [3.05, 3.63) is 52.4 Å². The van der Waals surface area contributed by atoms with Gasteiger partial charge in [-0.15, -0.1) is 0 Å². The molecule has 19 heavy (non-hydrogen) atoms. The van der Waals surface area contributed by atoms with Gasteiger partial charge in [-0.1, -0.05) is 12.1 Å². The van der Waals surface area contributed by atoms with Gasteiger partial charge in [0.25, 0.3) is 5.56 Å². The summed E-state index contributed by atoms with van der Waals surface area (Å²) < 4.78 is 0.934. The molecule has 3 rings (SSSR count). The number of hydrogen-bond acceptors (Lipinski definition) is 4. The number of nitrogens with one attached hydrogen (secondary N) is 1. The predicted octanol–water partition coefficient (Wildman–Crippen LogP) is 0.807. The van der Waals surface area contributed by atoms with E-state index in [2.05, 4.69) is 15.1 Å². The maximum Gasteiger partial charge on any atom is 0.356 e. The second-order valence-electron chi connectivity index (χ2n) is 3.85. The van der Waals surface area contributed by atoms with Crippen LogP contribution in [0.25, 0.3) is 17.0 Å². The maximum absolute atomic E-state index is 11.7. The summed E-state index contributed by atoms with van der Waals surface area (Å²) in [5, 5.41) is 12.6. The van der Waals surface area contributed by atoms with Crippen molar-refractivity contribution in [3.63, 3.8) is 0 Å². The lowest BCUT2D eigenvalue weighted by atomic mass is 10.3. The minimum Gasteiger partial charge on any atom is -0.476 e. The number of aromatic carboxylic acids is 1. The zero-order valence-corrected chi connectivity index (χ0v) is 9.57. The van der Waals surface area contributed by atoms with Crippen molar-refractivity contribution < 1.29 is 9.90 Å². The van der Waals surface area contributed by atoms with Crippen LogP contribution in [0.4, 0.5) is 0 Å². The van der Waals surface area contributed by atoms with Crippen molar-refractivity contribution in [2.75, 3.05) is 0 Å². The average molecular weight is 256 g/mol. The van der Waals surface area contributed by atoms with Gasteiger partial charge in [0, 0.05) is 6.07 Å². The maximum atomic E-state index is 11.7. The van der Waals surface area contributed by atoms with Crippen LogP contribution in [-0.4, -0.2) is 30.8 Å². The molecule has 7 heteroatoms. The first kappa shape index (κ1) is 11.1. The standard InChI is InChI=1S/C12H8N4O3/c17-10-6-5-9(11(18)19)15-16(10)12-13-7-3-1-2-4-8(7)14-12/h1-6H,(H,13,14)(H,18,19). The number of hydrogen-bond donors (Lipinski definition) is 2. The molecule has 0 bridgehead atoms. The smallest absolute Gasteiger partial charge is 0.356 e. The molecule has 0 aliphatic rings. The van der Waals surface area contributed by atoms with Crippen LogP contribution >= 0.6 is 0 Å². The monoisotopic (exact) mass is 256 g/mol. The summed E-state index contributed by atoms with van der Waals surface area (Å²) in [5.41, 5.74) is 0.739. The van der Waals surface area contributed by atoms with Crippen LogP contribution in [0.2, 0.25) is 0 Å². The molecule has 7 nitrogen and oxygen atoms in total. The number of imidazole rings is 1. The molecule has 0 saturated carbocycles. The highest BCUT2D eigenvalue weighted by atomic mass is 16.4. The van der Waals surface area contributed by atoms with E-state index in [1.807, 2.05) is 12.1 Å². The fourth-order valence-corrected chi connectivity index (χ4v) is 1.72. The van der Waals surface area contributed by atoms with Crippen molar-refractivity contribution in [2.24, 2.45) is 0 Å². The van der Waals surface area contributed by atoms with Crippen molar-refractivity contribution >= 4 is 17.0 Å². The molecular weight excluding hydrogens is 248 g/mol. The fraction of sp³-hybridized carbons (Fsp3) is 0. The Hall–Kier alpha value is -2.96. The molecule has 94 valence electrons. The zero-order chi connectivity index (χ0) is 13.4. The van der Waals surface area contributed by atoms with Gasteiger partial charge >= 0.3 is 5.97 Å². The summed E-state index contributed by atoms with van der Waals surface area (Å²) in [7, 11) is 0. The van der Waals surface area contributed by atoms with Crippen LogP contribution in [0.1, 0.15) is 10.5 Å². The molecule has 0 spiro atoms. The Kier molecular flexibility index (Phi) is 2.38. The topological polar surface area (TPSA) is 101 Å². The number of fused-ring (bicyclic) bond motifs is 1. The average Bonchev–Trinajstić information content (AvgIpc) is 2.82. The molecule has 0 unspecified atom stereocenters. The summed E-state index contributed by atoms with van der Waals surface area (Å²) in [6, 6.07) is 9.53. The van der Waals surface area contributed by atoms with Gasteiger partial charge in [0.2, 0.25) is 5.95 Å². The van der Waals surface area contributed by atoms with E-state index < -0.39 is 11.5 Å². The third-order valence-electron chi connectivity index (χ3n) is 2.60. The van der Waals surface area contributed by atoms with Gasteiger partial charge < -0.3 is 10.1 Å². The Balaban J connectivity index is 2.23. The lowest BCUT2D eigenvalue weighted by Crippen LogP contribution is -2.23. The molecule has 3 aromatic rings. The summed E-state index contributed by atoms with van der Waals surface area (Å²) in [6.07, 6.45) is 0. The molecule has 1 aromatic carbocycles. The zero-order valence-electron chi connectivity index (χ0n) is 9.57. The van der Waals surface area contributed by atoms with Crippen molar-refractivity contribution in [3.8, 4) is 5.95 Å². The predicted molar refractivity (Wildman–Crippen MR) is 66.4 cm³/mol. The third kappa shape index (κ3) is 1.86. The molecule has 0 saturated heterocycles. The lowest BCUT2D eigenvalue weighted by Gasteiger charge is -2.00. The SMILES string of the molecule is O=C(O)c1ccc(=O)n(-c2nc3ccccc3[nH]2)n1. The minimum absolute atomic E-state index is 0.189. The molecule has 2 heterocycles. The number of para-hydroxylation sites is 2. The molecule has 0 atom stereocenters. The van der Waals surface area contributed by atoms with Crippen molar-refractivity contribution in [1.82, 2.24) is 19.7 Å². The Morgan fingerprint density at radius 2 is 2.00 bits per heavy atom. The first-order chi connectivity index (χ1) is 9.15. The van der Waals surface area contributed by atoms with E-state index in [-0.39, 0.29) is 11.6 Å². The van der Waals surface area contributed by atoms with Gasteiger partial charge in [-0.2, -0.15) is 9.78 Å². The van der Waals surface area contributed by atoms with Crippen LogP contribution < -0.4 is 5.56 Å². The number of carbonyl (C=O) groups is 1. The molecule has 0 aliphatic heterocycles. The molecule has 0 amide bonds. The minimum atomic E-state index is -1.20. The van der Waals surface area contributed by atoms with Gasteiger partial charge in [0.15, 0.2) is 5.69 Å². The van der Waals surface area contributed by atoms with Gasteiger partial charge in [-0.3, -0.25) is 4.79 Å². The summed E-state index contributed by atoms with van der Waals surface area (Å²) in [4.78, 5) is 29.7. The second-order valence-corrected chi connectivity index (χ2v) is 3.85. The molecule has 2 N–H and O–H groups in total. The van der Waals surface area contributed by atoms with Crippen LogP contribution in [0.15, 0.2) is 41.2 Å². The molecule has 2 aromatic heterocycles. The normalized spacial score (nSPS) is 10.7. The third-order valence-corrected chi connectivity index (χ3v) is 2.60. The molecule has 0 fully saturated rings. The number of nitrogens with zero attached hydrogens (tertiary/aromatic N) is 3. The van der Waals surface area contributed by atoms with E-state index in [1.54, 1.807) is 12.1 Å². The summed E-state index contributed by atoms with van der Waals surface area (Å²) in [6.45, 7) is 0. The first-order valence-electron chi connectivity index (χ1n) is 5.44. The second kappa shape index (κ2) is 4.05. The van der Waals surface area contributed by atoms with Gasteiger partial charge in [0.05, 0.1) is 11.0 Å². The van der Waals surface area contributed by atoms with Crippen LogP contribution in [0.3, 0.4) is 0 Å². The van der Waals surface area contributed by atoms with E-state index in [9.17, 15) is 9.59 Å². The Bertz CT molecular complexity index is 801. The highest BCUT2D eigenvalue weighted by Gasteiger charge is 2.11. The summed E-state index contributed by atoms with van der Waals surface area (Å²) in [5.74, 6) is -1.01. The molecule has 0 aliphatic carbocycles. The number of carboxylic acid groups (broad SMARTS) is 1. The fourth-order valence-electron chi connectivity index (χ4n) is 1.72. The van der Waals surface area contributed by atoms with Crippen molar-refractivity contribution in [2.45, 2.75) is 0 Å². The van der Waals surface area contributed by atoms with E-state index in [1.165, 1.54) is 0 Å². The Labute approximate surface area is 106 Å². The largest absolute Gasteiger partial charge is 0.476 e. The quantitative estimate of drug-likeness (QED) is 0.706. The number of carboxylic acids is 1. The summed E-state index contributed by atoms with van der Waals surface area (Å²) >= 11 is 0. The highest BCUT2D eigenvalue weighted by molar-refractivity contribution is 5.85. The Morgan fingerprint density at radius 3 is 2.74 bits per heavy atom. The van der Waals surface area contributed by atoms with Crippen LogP contribution in [0, 0.1) is 0 Å². The van der Waals surface area contributed by atoms with E-state index in [0.29, 0.717) is 5.52 Å². The number of aromatic amines is 1. The number of benzene rings is 1. The van der Waals surface area contributed by atoms with Crippen LogP contribution in [-0.2, 0) is 0 Å². The number of aromatic nitrogens is 4. The van der Waals surface area contributed by atoms with Gasteiger partial charge in [0.1, 0.15) is 0 Å². The van der Waals surface area contributed by atoms with E-state index >= 15 is 0 Å². The molecule has 0 radical (unpaired) electrons. The van der Waals surface area contributed by atoms with Gasteiger partial charge in [-0.25, -0.2) is 9.78 Å². The highest BCUT2D eigenvalue weighted by Crippen LogP contribution is 2.11.